The van der Waals surface area contributed by atoms with Crippen LogP contribution in [0.2, 0.25) is 5.02 Å². The number of benzene rings is 1. The first-order chi connectivity index (χ1) is 10.2. The molecule has 0 N–H and O–H groups in total. The highest BCUT2D eigenvalue weighted by Gasteiger charge is 2.30. The van der Waals surface area contributed by atoms with Crippen LogP contribution in [0.5, 0.6) is 5.75 Å². The van der Waals surface area contributed by atoms with E-state index in [2.05, 4.69) is 4.98 Å². The Bertz CT molecular complexity index is 658. The Hall–Kier alpha value is -2.07. The molecule has 0 bridgehead atoms. The monoisotopic (exact) mass is 302 g/mol. The second kappa shape index (κ2) is 5.74. The van der Waals surface area contributed by atoms with Gasteiger partial charge in [-0.25, -0.2) is 4.98 Å². The van der Waals surface area contributed by atoms with E-state index in [0.29, 0.717) is 23.9 Å². The van der Waals surface area contributed by atoms with Crippen LogP contribution in [0.3, 0.4) is 0 Å². The van der Waals surface area contributed by atoms with Gasteiger partial charge in [-0.2, -0.15) is 0 Å². The first-order valence-corrected chi connectivity index (χ1v) is 7.15. The zero-order chi connectivity index (χ0) is 14.8. The fraction of sp³-hybridized carbons (Fsp3) is 0.250. The molecule has 0 aliphatic carbocycles. The van der Waals surface area contributed by atoms with Crippen molar-refractivity contribution in [1.29, 1.82) is 0 Å². The minimum Gasteiger partial charge on any atom is -0.493 e. The molecule has 4 nitrogen and oxygen atoms in total. The van der Waals surface area contributed by atoms with Crippen molar-refractivity contribution in [1.82, 2.24) is 4.98 Å². The summed E-state index contributed by atoms with van der Waals surface area (Å²) in [7, 11) is 1.73. The van der Waals surface area contributed by atoms with Crippen molar-refractivity contribution in [3.8, 4) is 5.75 Å². The average molecular weight is 303 g/mol. The number of nitrogens with zero attached hydrogens (tertiary/aromatic N) is 2. The van der Waals surface area contributed by atoms with Gasteiger partial charge < -0.3 is 4.74 Å². The second-order valence-corrected chi connectivity index (χ2v) is 5.40. The van der Waals surface area contributed by atoms with Crippen LogP contribution in [0.1, 0.15) is 17.9 Å². The molecule has 5 heteroatoms. The lowest BCUT2D eigenvalue weighted by molar-refractivity contribution is -0.120. The molecule has 1 aliphatic rings. The maximum absolute atomic E-state index is 12.7. The Labute approximate surface area is 128 Å². The Balaban J connectivity index is 1.87. The molecule has 21 heavy (non-hydrogen) atoms. The van der Waals surface area contributed by atoms with E-state index in [1.165, 1.54) is 0 Å². The van der Waals surface area contributed by atoms with Crippen LogP contribution in [0.15, 0.2) is 42.6 Å². The van der Waals surface area contributed by atoms with E-state index in [0.717, 1.165) is 11.3 Å². The molecular weight excluding hydrogens is 288 g/mol. The van der Waals surface area contributed by atoms with Gasteiger partial charge in [0.05, 0.1) is 17.5 Å². The van der Waals surface area contributed by atoms with Gasteiger partial charge in [-0.05, 0) is 24.6 Å². The predicted octanol–water partition coefficient (Wildman–Crippen LogP) is 3.26. The number of carbonyl (C=O) groups excluding carboxylic acids is 1. The molecule has 2 aromatic rings. The van der Waals surface area contributed by atoms with Crippen LogP contribution in [-0.2, 0) is 4.79 Å². The molecule has 2 heterocycles. The van der Waals surface area contributed by atoms with Crippen molar-refractivity contribution in [2.75, 3.05) is 18.6 Å². The van der Waals surface area contributed by atoms with Gasteiger partial charge in [-0.3, -0.25) is 9.69 Å². The maximum Gasteiger partial charge on any atom is 0.235 e. The number of carbonyl (C=O) groups is 1. The Morgan fingerprint density at radius 1 is 1.33 bits per heavy atom. The van der Waals surface area contributed by atoms with Crippen molar-refractivity contribution >= 4 is 23.3 Å². The van der Waals surface area contributed by atoms with Crippen LogP contribution in [-0.4, -0.2) is 24.5 Å². The lowest BCUT2D eigenvalue weighted by Gasteiger charge is -2.28. The standard InChI is InChI=1S/C16H15ClN2O2/c1-19(15-7-6-11(17)10-18-15)16(20)13-8-9-21-14-5-3-2-4-12(13)14/h2-7,10,13H,8-9H2,1H3. The van der Waals surface area contributed by atoms with Gasteiger partial charge in [0.15, 0.2) is 0 Å². The number of aromatic nitrogens is 1. The number of likely N-dealkylation sites (N-methyl/N-ethyl adjacent to an activating group) is 1. The fourth-order valence-corrected chi connectivity index (χ4v) is 2.62. The van der Waals surface area contributed by atoms with E-state index in [1.807, 2.05) is 24.3 Å². The molecule has 0 spiro atoms. The molecule has 0 saturated carbocycles. The molecule has 0 radical (unpaired) electrons. The van der Waals surface area contributed by atoms with Crippen molar-refractivity contribution in [3.63, 3.8) is 0 Å². The van der Waals surface area contributed by atoms with Crippen LogP contribution in [0.25, 0.3) is 0 Å². The Morgan fingerprint density at radius 3 is 2.90 bits per heavy atom. The highest BCUT2D eigenvalue weighted by atomic mass is 35.5. The summed E-state index contributed by atoms with van der Waals surface area (Å²) in [5.41, 5.74) is 0.939. The molecule has 3 rings (SSSR count). The highest BCUT2D eigenvalue weighted by molar-refractivity contribution is 6.30. The Kier molecular flexibility index (Phi) is 3.80. The normalized spacial score (nSPS) is 16.8. The summed E-state index contributed by atoms with van der Waals surface area (Å²) in [4.78, 5) is 18.5. The molecular formula is C16H15ClN2O2. The Morgan fingerprint density at radius 2 is 2.14 bits per heavy atom. The van der Waals surface area contributed by atoms with Gasteiger partial charge in [-0.15, -0.1) is 0 Å². The number of hydrogen-bond acceptors (Lipinski definition) is 3. The zero-order valence-corrected chi connectivity index (χ0v) is 12.4. The molecule has 108 valence electrons. The minimum atomic E-state index is -0.197. The quantitative estimate of drug-likeness (QED) is 0.855. The third-order valence-corrected chi connectivity index (χ3v) is 3.87. The van der Waals surface area contributed by atoms with Gasteiger partial charge in [0, 0.05) is 18.8 Å². The van der Waals surface area contributed by atoms with E-state index in [4.69, 9.17) is 16.3 Å². The molecule has 0 saturated heterocycles. The smallest absolute Gasteiger partial charge is 0.235 e. The summed E-state index contributed by atoms with van der Waals surface area (Å²) in [6.07, 6.45) is 2.21. The number of anilines is 1. The molecule has 1 amide bonds. The van der Waals surface area contributed by atoms with Gasteiger partial charge >= 0.3 is 0 Å². The molecule has 0 fully saturated rings. The number of fused-ring (bicyclic) bond motifs is 1. The van der Waals surface area contributed by atoms with Crippen LogP contribution in [0, 0.1) is 0 Å². The summed E-state index contributed by atoms with van der Waals surface area (Å²) >= 11 is 5.83. The number of para-hydroxylation sites is 1. The molecule has 1 unspecified atom stereocenters. The van der Waals surface area contributed by atoms with Crippen molar-refractivity contribution in [2.45, 2.75) is 12.3 Å². The average Bonchev–Trinajstić information content (AvgIpc) is 2.53. The van der Waals surface area contributed by atoms with Gasteiger partial charge in [0.25, 0.3) is 0 Å². The summed E-state index contributed by atoms with van der Waals surface area (Å²) < 4.78 is 5.60. The highest BCUT2D eigenvalue weighted by Crippen LogP contribution is 2.35. The maximum atomic E-state index is 12.7. The van der Waals surface area contributed by atoms with Crippen molar-refractivity contribution in [2.24, 2.45) is 0 Å². The van der Waals surface area contributed by atoms with E-state index < -0.39 is 0 Å². The topological polar surface area (TPSA) is 42.4 Å². The summed E-state index contributed by atoms with van der Waals surface area (Å²) in [5, 5.41) is 0.552. The van der Waals surface area contributed by atoms with Gasteiger partial charge in [0.2, 0.25) is 5.91 Å². The molecule has 1 aliphatic heterocycles. The number of rotatable bonds is 2. The first kappa shape index (κ1) is 13.9. The van der Waals surface area contributed by atoms with E-state index >= 15 is 0 Å². The van der Waals surface area contributed by atoms with E-state index in [1.54, 1.807) is 30.3 Å². The third kappa shape index (κ3) is 2.72. The van der Waals surface area contributed by atoms with Gasteiger partial charge in [-0.1, -0.05) is 29.8 Å². The van der Waals surface area contributed by atoms with E-state index in [9.17, 15) is 4.79 Å². The number of amides is 1. The lowest BCUT2D eigenvalue weighted by Crippen LogP contribution is -2.34. The van der Waals surface area contributed by atoms with Crippen LogP contribution in [0.4, 0.5) is 5.82 Å². The second-order valence-electron chi connectivity index (χ2n) is 4.96. The third-order valence-electron chi connectivity index (χ3n) is 3.64. The zero-order valence-electron chi connectivity index (χ0n) is 11.6. The summed E-state index contributed by atoms with van der Waals surface area (Å²) in [6, 6.07) is 11.1. The van der Waals surface area contributed by atoms with E-state index in [-0.39, 0.29) is 11.8 Å². The van der Waals surface area contributed by atoms with Crippen molar-refractivity contribution in [3.05, 3.63) is 53.2 Å². The van der Waals surface area contributed by atoms with Gasteiger partial charge in [0.1, 0.15) is 11.6 Å². The van der Waals surface area contributed by atoms with Crippen LogP contribution >= 0.6 is 11.6 Å². The number of hydrogen-bond donors (Lipinski definition) is 0. The number of pyridine rings is 1. The fourth-order valence-electron chi connectivity index (χ4n) is 2.51. The molecule has 1 atom stereocenters. The summed E-state index contributed by atoms with van der Waals surface area (Å²) in [5.74, 6) is 1.20. The number of ether oxygens (including phenoxy) is 1. The predicted molar refractivity (Wildman–Crippen MR) is 82.0 cm³/mol. The molecule has 1 aromatic heterocycles. The van der Waals surface area contributed by atoms with Crippen molar-refractivity contribution < 1.29 is 9.53 Å². The number of halogens is 1. The lowest BCUT2D eigenvalue weighted by atomic mass is 9.92. The molecule has 1 aromatic carbocycles. The summed E-state index contributed by atoms with van der Waals surface area (Å²) in [6.45, 7) is 0.551. The first-order valence-electron chi connectivity index (χ1n) is 6.77. The minimum absolute atomic E-state index is 0.0144. The SMILES string of the molecule is CN(C(=O)C1CCOc2ccccc21)c1ccc(Cl)cn1. The largest absolute Gasteiger partial charge is 0.493 e. The van der Waals surface area contributed by atoms with Crippen LogP contribution < -0.4 is 9.64 Å².